The van der Waals surface area contributed by atoms with Crippen molar-refractivity contribution < 1.29 is 14.1 Å². The fourth-order valence-electron chi connectivity index (χ4n) is 2.59. The molecule has 0 spiro atoms. The lowest BCUT2D eigenvalue weighted by Gasteiger charge is -2.18. The molecule has 20 heavy (non-hydrogen) atoms. The van der Waals surface area contributed by atoms with Crippen LogP contribution in [-0.4, -0.2) is 38.4 Å². The van der Waals surface area contributed by atoms with Gasteiger partial charge in [0.25, 0.3) is 0 Å². The molecular formula is C13H19N3O3S. The number of anilines is 1. The number of rotatable bonds is 2. The van der Waals surface area contributed by atoms with Gasteiger partial charge in [-0.1, -0.05) is 7.43 Å². The second-order valence-electron chi connectivity index (χ2n) is 4.65. The van der Waals surface area contributed by atoms with Gasteiger partial charge in [0, 0.05) is 11.2 Å². The monoisotopic (exact) mass is 297 g/mol. The number of hydrogen-bond donors (Lipinski definition) is 1. The molecule has 1 saturated carbocycles. The lowest BCUT2D eigenvalue weighted by Crippen LogP contribution is -2.33. The van der Waals surface area contributed by atoms with E-state index in [4.69, 9.17) is 4.74 Å². The number of carbonyl (C=O) groups excluding carboxylic acids is 1. The molecule has 1 aliphatic heterocycles. The van der Waals surface area contributed by atoms with Gasteiger partial charge in [0.15, 0.2) is 0 Å². The highest BCUT2D eigenvalue weighted by Gasteiger charge is 2.42. The Hall–Kier alpha value is -1.34. The zero-order valence-corrected chi connectivity index (χ0v) is 11.4. The second-order valence-corrected chi connectivity index (χ2v) is 6.22. The molecule has 3 atom stereocenters. The van der Waals surface area contributed by atoms with Crippen LogP contribution in [0.15, 0.2) is 11.4 Å². The molecule has 110 valence electrons. The van der Waals surface area contributed by atoms with Gasteiger partial charge < -0.3 is 14.6 Å². The van der Waals surface area contributed by atoms with Crippen LogP contribution in [0.25, 0.3) is 0 Å². The first-order chi connectivity index (χ1) is 9.20. The first-order valence-corrected chi connectivity index (χ1v) is 7.63. The van der Waals surface area contributed by atoms with E-state index < -0.39 is 17.1 Å². The number of aromatic nitrogens is 2. The number of hydrogen-bond acceptors (Lipinski definition) is 6. The highest BCUT2D eigenvalue weighted by atomic mass is 32.2. The van der Waals surface area contributed by atoms with E-state index >= 15 is 0 Å². The molecule has 1 aromatic heterocycles. The van der Waals surface area contributed by atoms with Gasteiger partial charge in [-0.15, -0.1) is 0 Å². The zero-order valence-electron chi connectivity index (χ0n) is 10.6. The summed E-state index contributed by atoms with van der Waals surface area (Å²) < 4.78 is 17.3. The Morgan fingerprint density at radius 1 is 1.60 bits per heavy atom. The molecule has 2 bridgehead atoms. The van der Waals surface area contributed by atoms with Crippen molar-refractivity contribution in [1.82, 2.24) is 9.97 Å². The van der Waals surface area contributed by atoms with Gasteiger partial charge >= 0.3 is 11.1 Å². The fraction of sp³-hybridized carbons (Fsp3) is 0.615. The number of carbonyl (C=O) groups is 1. The highest BCUT2D eigenvalue weighted by molar-refractivity contribution is 7.92. The Labute approximate surface area is 121 Å². The number of ether oxygens (including phenoxy) is 1. The van der Waals surface area contributed by atoms with E-state index in [1.165, 1.54) is 6.20 Å². The van der Waals surface area contributed by atoms with Gasteiger partial charge in [-0.05, 0) is 26.2 Å². The van der Waals surface area contributed by atoms with E-state index in [0.717, 1.165) is 19.3 Å². The maximum Gasteiger partial charge on any atom is 0.345 e. The molecule has 0 amide bonds. The van der Waals surface area contributed by atoms with Crippen LogP contribution in [0.4, 0.5) is 5.82 Å². The van der Waals surface area contributed by atoms with Gasteiger partial charge in [-0.2, -0.15) is 9.97 Å². The Morgan fingerprint density at radius 3 is 3.15 bits per heavy atom. The third kappa shape index (κ3) is 2.47. The summed E-state index contributed by atoms with van der Waals surface area (Å²) in [4.78, 5) is 20.1. The summed E-state index contributed by atoms with van der Waals surface area (Å²) in [5, 5.41) is 3.58. The van der Waals surface area contributed by atoms with Crippen molar-refractivity contribution in [2.24, 2.45) is 0 Å². The molecule has 1 N–H and O–H groups in total. The fourth-order valence-corrected chi connectivity index (χ4v) is 4.08. The second kappa shape index (κ2) is 5.97. The zero-order chi connectivity index (χ0) is 13.4. The average molecular weight is 297 g/mol. The standard InChI is InChI=1S/C12H15N3O3S.CH4/c1-2-18-11(16)7-6-13-12-15-10(7)14-8-4-3-5-9(8)19(12)17;/h6,8-9H,2-5H2,1H3,(H,13,14,15);1H4. The molecule has 0 aromatic carbocycles. The maximum absolute atomic E-state index is 12.3. The Bertz CT molecular complexity index is 512. The first-order valence-electron chi connectivity index (χ1n) is 6.42. The number of nitrogens with zero attached hydrogens (tertiary/aromatic N) is 2. The number of esters is 1. The molecule has 3 rings (SSSR count). The smallest absolute Gasteiger partial charge is 0.345 e. The van der Waals surface area contributed by atoms with E-state index in [1.54, 1.807) is 6.92 Å². The quantitative estimate of drug-likeness (QED) is 0.508. The van der Waals surface area contributed by atoms with Crippen LogP contribution in [-0.2, 0) is 15.9 Å². The minimum Gasteiger partial charge on any atom is -0.609 e. The first kappa shape index (κ1) is 15.1. The van der Waals surface area contributed by atoms with Crippen LogP contribution >= 0.6 is 0 Å². The molecule has 2 heterocycles. The maximum atomic E-state index is 12.3. The van der Waals surface area contributed by atoms with Crippen molar-refractivity contribution in [3.63, 3.8) is 0 Å². The summed E-state index contributed by atoms with van der Waals surface area (Å²) in [5.41, 5.74) is 0.315. The Balaban J connectivity index is 0.00000147. The van der Waals surface area contributed by atoms with Crippen LogP contribution in [0.2, 0.25) is 0 Å². The predicted octanol–water partition coefficient (Wildman–Crippen LogP) is 1.74. The van der Waals surface area contributed by atoms with Crippen molar-refractivity contribution in [1.29, 1.82) is 0 Å². The largest absolute Gasteiger partial charge is 0.609 e. The van der Waals surface area contributed by atoms with Crippen molar-refractivity contribution in [2.75, 3.05) is 11.9 Å². The van der Waals surface area contributed by atoms with Gasteiger partial charge in [-0.3, -0.25) is 0 Å². The molecular weight excluding hydrogens is 278 g/mol. The van der Waals surface area contributed by atoms with Crippen molar-refractivity contribution >= 4 is 23.0 Å². The minimum absolute atomic E-state index is 0. The number of nitrogens with one attached hydrogen (secondary N) is 1. The van der Waals surface area contributed by atoms with E-state index in [0.29, 0.717) is 23.1 Å². The van der Waals surface area contributed by atoms with E-state index in [9.17, 15) is 9.35 Å². The molecule has 1 fully saturated rings. The van der Waals surface area contributed by atoms with Crippen LogP contribution < -0.4 is 5.32 Å². The van der Waals surface area contributed by atoms with E-state index in [1.807, 2.05) is 0 Å². The summed E-state index contributed by atoms with van der Waals surface area (Å²) in [6, 6.07) is 0.100. The van der Waals surface area contributed by atoms with Gasteiger partial charge in [0.05, 0.1) is 18.8 Å². The van der Waals surface area contributed by atoms with Crippen LogP contribution in [0.1, 0.15) is 44.0 Å². The third-order valence-electron chi connectivity index (χ3n) is 3.49. The van der Waals surface area contributed by atoms with Crippen LogP contribution in [0.5, 0.6) is 0 Å². The average Bonchev–Trinajstić information content (AvgIpc) is 2.82. The molecule has 1 aromatic rings. The summed E-state index contributed by atoms with van der Waals surface area (Å²) in [7, 11) is 0. The predicted molar refractivity (Wildman–Crippen MR) is 76.2 cm³/mol. The lowest BCUT2D eigenvalue weighted by atomic mass is 10.2. The van der Waals surface area contributed by atoms with Crippen LogP contribution in [0, 0.1) is 0 Å². The molecule has 6 nitrogen and oxygen atoms in total. The molecule has 3 unspecified atom stereocenters. The summed E-state index contributed by atoms with van der Waals surface area (Å²) in [6.07, 6.45) is 4.29. The summed E-state index contributed by atoms with van der Waals surface area (Å²) in [5.74, 6) is 0.00461. The van der Waals surface area contributed by atoms with E-state index in [2.05, 4.69) is 15.3 Å². The lowest BCUT2D eigenvalue weighted by molar-refractivity contribution is 0.0526. The molecule has 0 radical (unpaired) electrons. The molecule has 7 heteroatoms. The SMILES string of the molecule is C.CCOC(=O)c1cnc2nc1NC1CCCC1[S+]2[O-]. The van der Waals surface area contributed by atoms with Crippen molar-refractivity contribution in [2.45, 2.75) is 50.1 Å². The van der Waals surface area contributed by atoms with Gasteiger partial charge in [0.1, 0.15) is 16.6 Å². The van der Waals surface area contributed by atoms with Gasteiger partial charge in [-0.25, -0.2) is 4.79 Å². The molecule has 1 aliphatic carbocycles. The van der Waals surface area contributed by atoms with Gasteiger partial charge in [0.2, 0.25) is 0 Å². The summed E-state index contributed by atoms with van der Waals surface area (Å²) >= 11 is -1.20. The van der Waals surface area contributed by atoms with Crippen LogP contribution in [0.3, 0.4) is 0 Å². The topological polar surface area (TPSA) is 87.2 Å². The Kier molecular flexibility index (Phi) is 4.49. The van der Waals surface area contributed by atoms with Crippen molar-refractivity contribution in [3.05, 3.63) is 11.8 Å². The third-order valence-corrected chi connectivity index (χ3v) is 5.16. The highest BCUT2D eigenvalue weighted by Crippen LogP contribution is 2.34. The normalized spacial score (nSPS) is 26.8. The van der Waals surface area contributed by atoms with E-state index in [-0.39, 0.29) is 18.7 Å². The Morgan fingerprint density at radius 2 is 2.40 bits per heavy atom. The summed E-state index contributed by atoms with van der Waals surface area (Å²) in [6.45, 7) is 2.05. The number of fused-ring (bicyclic) bond motifs is 3. The molecule has 0 saturated heterocycles. The van der Waals surface area contributed by atoms with Crippen molar-refractivity contribution in [3.8, 4) is 0 Å². The molecule has 2 aliphatic rings. The minimum atomic E-state index is -1.20.